The minimum atomic E-state index is 0.578. The summed E-state index contributed by atoms with van der Waals surface area (Å²) in [7, 11) is 1.60. The highest BCUT2D eigenvalue weighted by Crippen LogP contribution is 2.13. The molecule has 2 aromatic heterocycles. The lowest BCUT2D eigenvalue weighted by Gasteiger charge is -2.07. The van der Waals surface area contributed by atoms with E-state index in [1.54, 1.807) is 24.5 Å². The summed E-state index contributed by atoms with van der Waals surface area (Å²) in [5, 5.41) is 6.44. The summed E-state index contributed by atoms with van der Waals surface area (Å²) in [6.07, 6.45) is 0.885. The Morgan fingerprint density at radius 1 is 1.28 bits per heavy atom. The van der Waals surface area contributed by atoms with Crippen LogP contribution in [0.15, 0.2) is 11.4 Å². The van der Waals surface area contributed by atoms with E-state index in [2.05, 4.69) is 25.6 Å². The summed E-state index contributed by atoms with van der Waals surface area (Å²) in [6, 6.07) is 1.79. The number of aryl methyl sites for hydroxylation is 2. The van der Waals surface area contributed by atoms with Gasteiger partial charge < -0.3 is 10.1 Å². The second-order valence-corrected chi connectivity index (χ2v) is 4.94. The normalized spacial score (nSPS) is 10.4. The summed E-state index contributed by atoms with van der Waals surface area (Å²) in [4.78, 5) is 12.9. The van der Waals surface area contributed by atoms with Crippen molar-refractivity contribution < 1.29 is 4.74 Å². The molecule has 6 heteroatoms. The maximum absolute atomic E-state index is 5.10. The van der Waals surface area contributed by atoms with Crippen LogP contribution in [-0.2, 0) is 6.42 Å². The number of thiazole rings is 1. The van der Waals surface area contributed by atoms with Gasteiger partial charge in [0, 0.05) is 24.4 Å². The zero-order chi connectivity index (χ0) is 13.0. The average Bonchev–Trinajstić information content (AvgIpc) is 2.74. The molecule has 5 nitrogen and oxygen atoms in total. The fraction of sp³-hybridized carbons (Fsp3) is 0.417. The minimum Gasteiger partial charge on any atom is -0.481 e. The van der Waals surface area contributed by atoms with Gasteiger partial charge in [-0.25, -0.2) is 9.97 Å². The van der Waals surface area contributed by atoms with Crippen LogP contribution in [0.2, 0.25) is 0 Å². The fourth-order valence-corrected chi connectivity index (χ4v) is 2.22. The topological polar surface area (TPSA) is 59.9 Å². The highest BCUT2D eigenvalue weighted by atomic mass is 32.1. The van der Waals surface area contributed by atoms with E-state index in [0.717, 1.165) is 29.5 Å². The van der Waals surface area contributed by atoms with Gasteiger partial charge in [-0.15, -0.1) is 11.3 Å². The van der Waals surface area contributed by atoms with Gasteiger partial charge in [0.1, 0.15) is 11.6 Å². The predicted molar refractivity (Wildman–Crippen MR) is 72.4 cm³/mol. The smallest absolute Gasteiger partial charge is 0.218 e. The highest BCUT2D eigenvalue weighted by molar-refractivity contribution is 7.09. The Balaban J connectivity index is 1.91. The molecular formula is C12H16N4OS. The van der Waals surface area contributed by atoms with Gasteiger partial charge in [0.15, 0.2) is 0 Å². The monoisotopic (exact) mass is 264 g/mol. The van der Waals surface area contributed by atoms with Gasteiger partial charge in [0.25, 0.3) is 0 Å². The van der Waals surface area contributed by atoms with Crippen molar-refractivity contribution in [2.24, 2.45) is 0 Å². The molecule has 1 N–H and O–H groups in total. The van der Waals surface area contributed by atoms with Crippen molar-refractivity contribution in [3.63, 3.8) is 0 Å². The Hall–Kier alpha value is -1.69. The largest absolute Gasteiger partial charge is 0.481 e. The predicted octanol–water partition coefficient (Wildman–Crippen LogP) is 2.21. The van der Waals surface area contributed by atoms with E-state index in [4.69, 9.17) is 4.74 Å². The molecule has 0 amide bonds. The van der Waals surface area contributed by atoms with Crippen LogP contribution in [0.3, 0.4) is 0 Å². The summed E-state index contributed by atoms with van der Waals surface area (Å²) in [6.45, 7) is 4.65. The number of anilines is 1. The highest BCUT2D eigenvalue weighted by Gasteiger charge is 2.02. The molecule has 0 aromatic carbocycles. The van der Waals surface area contributed by atoms with Gasteiger partial charge in [0.05, 0.1) is 17.8 Å². The van der Waals surface area contributed by atoms with E-state index in [-0.39, 0.29) is 0 Å². The summed E-state index contributed by atoms with van der Waals surface area (Å²) in [5.41, 5.74) is 1.11. The van der Waals surface area contributed by atoms with Crippen LogP contribution in [0.25, 0.3) is 0 Å². The van der Waals surface area contributed by atoms with Gasteiger partial charge >= 0.3 is 0 Å². The molecule has 0 atom stereocenters. The van der Waals surface area contributed by atoms with Crippen LogP contribution in [0.1, 0.15) is 16.5 Å². The molecular weight excluding hydrogens is 248 g/mol. The van der Waals surface area contributed by atoms with Gasteiger partial charge in [-0.2, -0.15) is 4.98 Å². The Morgan fingerprint density at radius 3 is 2.78 bits per heavy atom. The number of nitrogens with zero attached hydrogens (tertiary/aromatic N) is 3. The number of hydrogen-bond acceptors (Lipinski definition) is 6. The van der Waals surface area contributed by atoms with E-state index in [1.165, 1.54) is 0 Å². The lowest BCUT2D eigenvalue weighted by Crippen LogP contribution is -2.08. The standard InChI is InChI=1S/C12H16N4OS/c1-8-14-11(6-12(15-8)17-3)13-5-4-10-7-18-9(2)16-10/h6-7H,4-5H2,1-3H3,(H,13,14,15). The second-order valence-electron chi connectivity index (χ2n) is 3.88. The molecule has 0 saturated carbocycles. The molecule has 0 aliphatic carbocycles. The summed E-state index contributed by atoms with van der Waals surface area (Å²) >= 11 is 1.67. The molecule has 0 spiro atoms. The number of rotatable bonds is 5. The van der Waals surface area contributed by atoms with Crippen LogP contribution < -0.4 is 10.1 Å². The zero-order valence-corrected chi connectivity index (χ0v) is 11.5. The SMILES string of the molecule is COc1cc(NCCc2csc(C)n2)nc(C)n1. The van der Waals surface area contributed by atoms with Crippen LogP contribution in [0.4, 0.5) is 5.82 Å². The Kier molecular flexibility index (Phi) is 4.09. The van der Waals surface area contributed by atoms with E-state index < -0.39 is 0 Å². The van der Waals surface area contributed by atoms with Gasteiger partial charge in [0.2, 0.25) is 5.88 Å². The van der Waals surface area contributed by atoms with Crippen LogP contribution in [-0.4, -0.2) is 28.6 Å². The number of nitrogens with one attached hydrogen (secondary N) is 1. The number of aromatic nitrogens is 3. The fourth-order valence-electron chi connectivity index (χ4n) is 1.58. The van der Waals surface area contributed by atoms with Gasteiger partial charge in [-0.3, -0.25) is 0 Å². The van der Waals surface area contributed by atoms with Crippen molar-refractivity contribution in [2.75, 3.05) is 19.0 Å². The molecule has 0 bridgehead atoms. The number of hydrogen-bond donors (Lipinski definition) is 1. The Labute approximate surface area is 110 Å². The first kappa shape index (κ1) is 12.8. The van der Waals surface area contributed by atoms with Crippen LogP contribution >= 0.6 is 11.3 Å². The Morgan fingerprint density at radius 2 is 2.11 bits per heavy atom. The van der Waals surface area contributed by atoms with Crippen molar-refractivity contribution in [1.29, 1.82) is 0 Å². The maximum atomic E-state index is 5.10. The second kappa shape index (κ2) is 5.77. The average molecular weight is 264 g/mol. The first-order chi connectivity index (χ1) is 8.67. The number of ether oxygens (including phenoxy) is 1. The lowest BCUT2D eigenvalue weighted by atomic mass is 10.3. The quantitative estimate of drug-likeness (QED) is 0.897. The van der Waals surface area contributed by atoms with Crippen LogP contribution in [0, 0.1) is 13.8 Å². The maximum Gasteiger partial charge on any atom is 0.218 e. The third-order valence-electron chi connectivity index (χ3n) is 2.38. The summed E-state index contributed by atoms with van der Waals surface area (Å²) in [5.74, 6) is 2.06. The molecule has 2 heterocycles. The lowest BCUT2D eigenvalue weighted by molar-refractivity contribution is 0.396. The van der Waals surface area contributed by atoms with Crippen molar-refractivity contribution in [3.8, 4) is 5.88 Å². The first-order valence-corrected chi connectivity index (χ1v) is 6.60. The van der Waals surface area contributed by atoms with Crippen molar-refractivity contribution in [2.45, 2.75) is 20.3 Å². The molecule has 0 radical (unpaired) electrons. The molecule has 0 fully saturated rings. The van der Waals surface area contributed by atoms with Crippen molar-refractivity contribution in [3.05, 3.63) is 28.0 Å². The number of methoxy groups -OCH3 is 1. The zero-order valence-electron chi connectivity index (χ0n) is 10.7. The molecule has 2 aromatic rings. The molecule has 0 aliphatic rings. The first-order valence-electron chi connectivity index (χ1n) is 5.72. The van der Waals surface area contributed by atoms with Crippen molar-refractivity contribution in [1.82, 2.24) is 15.0 Å². The van der Waals surface area contributed by atoms with Gasteiger partial charge in [-0.05, 0) is 13.8 Å². The van der Waals surface area contributed by atoms with Gasteiger partial charge in [-0.1, -0.05) is 0 Å². The molecule has 96 valence electrons. The van der Waals surface area contributed by atoms with Crippen molar-refractivity contribution >= 4 is 17.2 Å². The molecule has 0 aliphatic heterocycles. The molecule has 18 heavy (non-hydrogen) atoms. The van der Waals surface area contributed by atoms with E-state index in [0.29, 0.717) is 11.7 Å². The van der Waals surface area contributed by atoms with E-state index in [9.17, 15) is 0 Å². The molecule has 0 unspecified atom stereocenters. The van der Waals surface area contributed by atoms with E-state index in [1.807, 2.05) is 13.8 Å². The molecule has 2 rings (SSSR count). The minimum absolute atomic E-state index is 0.578. The van der Waals surface area contributed by atoms with Crippen LogP contribution in [0.5, 0.6) is 5.88 Å². The third kappa shape index (κ3) is 3.40. The van der Waals surface area contributed by atoms with E-state index >= 15 is 0 Å². The summed E-state index contributed by atoms with van der Waals surface area (Å²) < 4.78 is 5.10. The molecule has 0 saturated heterocycles. The third-order valence-corrected chi connectivity index (χ3v) is 3.20. The Bertz CT molecular complexity index is 527.